The van der Waals surface area contributed by atoms with Gasteiger partial charge in [0.25, 0.3) is 5.91 Å². The second kappa shape index (κ2) is 9.24. The Balaban J connectivity index is 1.36. The van der Waals surface area contributed by atoms with Crippen molar-refractivity contribution in [1.29, 1.82) is 0 Å². The minimum absolute atomic E-state index is 0.00654. The number of carbonyl (C=O) groups is 1. The molecule has 166 valence electrons. The number of benzene rings is 2. The van der Waals surface area contributed by atoms with Crippen molar-refractivity contribution in [3.05, 3.63) is 90.8 Å². The Morgan fingerprint density at radius 1 is 0.939 bits per heavy atom. The Morgan fingerprint density at radius 3 is 2.52 bits per heavy atom. The molecule has 2 aromatic heterocycles. The second-order valence-electron chi connectivity index (χ2n) is 8.24. The molecule has 0 spiro atoms. The van der Waals surface area contributed by atoms with Crippen LogP contribution in [0.15, 0.2) is 85.2 Å². The van der Waals surface area contributed by atoms with E-state index in [-0.39, 0.29) is 18.0 Å². The summed E-state index contributed by atoms with van der Waals surface area (Å²) in [5.74, 6) is 0.816. The number of anilines is 1. The number of hydrogen-bond acceptors (Lipinski definition) is 5. The van der Waals surface area contributed by atoms with Crippen molar-refractivity contribution in [1.82, 2.24) is 24.9 Å². The third kappa shape index (κ3) is 4.35. The fourth-order valence-corrected chi connectivity index (χ4v) is 4.42. The molecule has 3 heterocycles. The molecular formula is C26H26N6O. The number of para-hydroxylation sites is 1. The molecule has 0 saturated carbocycles. The minimum Gasteiger partial charge on any atom is -0.365 e. The molecule has 2 aromatic carbocycles. The SMILES string of the molecule is C[C@H]1[C@H](Nc2cccc(-c3ccccc3)n2)CCCN1C(=O)c1ccccc1-n1nccn1. The number of hydrogen-bond donors (Lipinski definition) is 1. The van der Waals surface area contributed by atoms with Gasteiger partial charge in [-0.25, -0.2) is 4.98 Å². The molecule has 1 aliphatic rings. The van der Waals surface area contributed by atoms with Crippen LogP contribution in [0.1, 0.15) is 30.1 Å². The zero-order chi connectivity index (χ0) is 22.6. The van der Waals surface area contributed by atoms with E-state index in [2.05, 4.69) is 34.6 Å². The number of amides is 1. The molecule has 2 atom stereocenters. The van der Waals surface area contributed by atoms with Crippen LogP contribution in [0.2, 0.25) is 0 Å². The van der Waals surface area contributed by atoms with Crippen LogP contribution in [-0.2, 0) is 0 Å². The Labute approximate surface area is 193 Å². The van der Waals surface area contributed by atoms with E-state index in [4.69, 9.17) is 4.98 Å². The molecule has 0 bridgehead atoms. The van der Waals surface area contributed by atoms with Gasteiger partial charge in [-0.2, -0.15) is 15.0 Å². The topological polar surface area (TPSA) is 75.9 Å². The van der Waals surface area contributed by atoms with Crippen molar-refractivity contribution in [2.24, 2.45) is 0 Å². The van der Waals surface area contributed by atoms with Crippen LogP contribution in [0.5, 0.6) is 0 Å². The van der Waals surface area contributed by atoms with E-state index >= 15 is 0 Å². The molecule has 4 aromatic rings. The monoisotopic (exact) mass is 438 g/mol. The third-order valence-electron chi connectivity index (χ3n) is 6.17. The van der Waals surface area contributed by atoms with Gasteiger partial charge in [0.15, 0.2) is 0 Å². The summed E-state index contributed by atoms with van der Waals surface area (Å²) < 4.78 is 0. The summed E-state index contributed by atoms with van der Waals surface area (Å²) in [6.45, 7) is 2.82. The minimum atomic E-state index is -0.00658. The van der Waals surface area contributed by atoms with Crippen LogP contribution in [0, 0.1) is 0 Å². The van der Waals surface area contributed by atoms with Crippen LogP contribution in [0.25, 0.3) is 16.9 Å². The van der Waals surface area contributed by atoms with Gasteiger partial charge in [0.1, 0.15) is 5.82 Å². The summed E-state index contributed by atoms with van der Waals surface area (Å²) in [6, 6.07) is 23.8. The van der Waals surface area contributed by atoms with Crippen molar-refractivity contribution in [3.8, 4) is 16.9 Å². The van der Waals surface area contributed by atoms with Gasteiger partial charge in [0, 0.05) is 24.2 Å². The average molecular weight is 439 g/mol. The number of likely N-dealkylation sites (tertiary alicyclic amines) is 1. The van der Waals surface area contributed by atoms with Crippen LogP contribution in [0.4, 0.5) is 5.82 Å². The molecule has 1 saturated heterocycles. The molecule has 1 aliphatic heterocycles. The van der Waals surface area contributed by atoms with E-state index in [0.717, 1.165) is 36.5 Å². The third-order valence-corrected chi connectivity index (χ3v) is 6.17. The van der Waals surface area contributed by atoms with Crippen molar-refractivity contribution in [2.75, 3.05) is 11.9 Å². The molecule has 33 heavy (non-hydrogen) atoms. The lowest BCUT2D eigenvalue weighted by Gasteiger charge is -2.40. The van der Waals surface area contributed by atoms with Gasteiger partial charge in [0.2, 0.25) is 0 Å². The van der Waals surface area contributed by atoms with E-state index < -0.39 is 0 Å². The molecule has 0 aliphatic carbocycles. The van der Waals surface area contributed by atoms with Gasteiger partial charge < -0.3 is 10.2 Å². The van der Waals surface area contributed by atoms with Gasteiger partial charge in [-0.1, -0.05) is 48.5 Å². The molecule has 0 unspecified atom stereocenters. The van der Waals surface area contributed by atoms with Gasteiger partial charge in [0.05, 0.1) is 29.3 Å². The van der Waals surface area contributed by atoms with E-state index in [0.29, 0.717) is 11.3 Å². The van der Waals surface area contributed by atoms with Crippen LogP contribution in [-0.4, -0.2) is 49.4 Å². The molecule has 1 N–H and O–H groups in total. The summed E-state index contributed by atoms with van der Waals surface area (Å²) in [5, 5.41) is 12.0. The lowest BCUT2D eigenvalue weighted by molar-refractivity contribution is 0.0616. The number of pyridine rings is 1. The highest BCUT2D eigenvalue weighted by molar-refractivity contribution is 5.98. The first-order chi connectivity index (χ1) is 16.2. The number of rotatable bonds is 5. The maximum atomic E-state index is 13.6. The highest BCUT2D eigenvalue weighted by atomic mass is 16.2. The molecule has 0 radical (unpaired) electrons. The summed E-state index contributed by atoms with van der Waals surface area (Å²) in [4.78, 5) is 21.8. The van der Waals surface area contributed by atoms with E-state index in [9.17, 15) is 4.79 Å². The van der Waals surface area contributed by atoms with Gasteiger partial charge in [-0.15, -0.1) is 0 Å². The van der Waals surface area contributed by atoms with Crippen LogP contribution in [0.3, 0.4) is 0 Å². The zero-order valence-corrected chi connectivity index (χ0v) is 18.5. The number of aromatic nitrogens is 4. The first kappa shape index (κ1) is 20.9. The first-order valence-electron chi connectivity index (χ1n) is 11.3. The normalized spacial score (nSPS) is 18.2. The maximum Gasteiger partial charge on any atom is 0.256 e. The molecule has 1 amide bonds. The average Bonchev–Trinajstić information content (AvgIpc) is 3.41. The number of nitrogens with one attached hydrogen (secondary N) is 1. The predicted octanol–water partition coefficient (Wildman–Crippen LogP) is 4.43. The van der Waals surface area contributed by atoms with Crippen molar-refractivity contribution < 1.29 is 4.79 Å². The molecule has 5 rings (SSSR count). The standard InChI is InChI=1S/C26H26N6O/c1-19-22(29-25-15-7-12-23(30-25)20-9-3-2-4-10-20)13-8-18-31(19)26(33)21-11-5-6-14-24(21)32-27-16-17-28-32/h2-7,9-12,14-17,19,22H,8,13,18H2,1H3,(H,29,30)/t19-,22+/m0/s1. The van der Waals surface area contributed by atoms with Crippen molar-refractivity contribution in [3.63, 3.8) is 0 Å². The predicted molar refractivity (Wildman–Crippen MR) is 128 cm³/mol. The summed E-state index contributed by atoms with van der Waals surface area (Å²) >= 11 is 0. The number of carbonyl (C=O) groups excluding carboxylic acids is 1. The first-order valence-corrected chi connectivity index (χ1v) is 11.3. The Hall–Kier alpha value is -4.00. The largest absolute Gasteiger partial charge is 0.365 e. The summed E-state index contributed by atoms with van der Waals surface area (Å²) in [7, 11) is 0. The molecule has 1 fully saturated rings. The Bertz CT molecular complexity index is 1220. The lowest BCUT2D eigenvalue weighted by atomic mass is 9.96. The van der Waals surface area contributed by atoms with E-state index in [1.165, 1.54) is 4.80 Å². The van der Waals surface area contributed by atoms with Crippen molar-refractivity contribution >= 4 is 11.7 Å². The summed E-state index contributed by atoms with van der Waals surface area (Å²) in [5.41, 5.74) is 3.30. The fourth-order valence-electron chi connectivity index (χ4n) is 4.42. The molecule has 7 heteroatoms. The van der Waals surface area contributed by atoms with Gasteiger partial charge >= 0.3 is 0 Å². The second-order valence-corrected chi connectivity index (χ2v) is 8.24. The van der Waals surface area contributed by atoms with E-state index in [1.54, 1.807) is 12.4 Å². The van der Waals surface area contributed by atoms with Crippen LogP contribution < -0.4 is 5.32 Å². The maximum absolute atomic E-state index is 13.6. The Kier molecular flexibility index (Phi) is 5.85. The quantitative estimate of drug-likeness (QED) is 0.499. The highest BCUT2D eigenvalue weighted by Crippen LogP contribution is 2.26. The smallest absolute Gasteiger partial charge is 0.256 e. The molecular weight excluding hydrogens is 412 g/mol. The van der Waals surface area contributed by atoms with Crippen molar-refractivity contribution in [2.45, 2.75) is 31.8 Å². The Morgan fingerprint density at radius 2 is 1.70 bits per heavy atom. The van der Waals surface area contributed by atoms with Crippen LogP contribution >= 0.6 is 0 Å². The number of nitrogens with zero attached hydrogens (tertiary/aromatic N) is 5. The van der Waals surface area contributed by atoms with E-state index in [1.807, 2.05) is 65.6 Å². The fraction of sp³-hybridized carbons (Fsp3) is 0.231. The number of piperidine rings is 1. The summed E-state index contributed by atoms with van der Waals surface area (Å²) in [6.07, 6.45) is 5.13. The molecule has 7 nitrogen and oxygen atoms in total. The highest BCUT2D eigenvalue weighted by Gasteiger charge is 2.33. The lowest BCUT2D eigenvalue weighted by Crippen LogP contribution is -2.52. The van der Waals surface area contributed by atoms with Gasteiger partial charge in [-0.3, -0.25) is 4.79 Å². The zero-order valence-electron chi connectivity index (χ0n) is 18.5. The van der Waals surface area contributed by atoms with Gasteiger partial charge in [-0.05, 0) is 44.0 Å².